The third-order valence-electron chi connectivity index (χ3n) is 4.37. The summed E-state index contributed by atoms with van der Waals surface area (Å²) in [6.07, 6.45) is -0.1000. The van der Waals surface area contributed by atoms with Crippen molar-refractivity contribution in [3.8, 4) is 0 Å². The summed E-state index contributed by atoms with van der Waals surface area (Å²) in [6, 6.07) is 3.20. The molecule has 1 aliphatic heterocycles. The number of carboxylic acids is 1. The molecule has 1 saturated heterocycles. The van der Waals surface area contributed by atoms with Gasteiger partial charge in [-0.15, -0.1) is 0 Å². The van der Waals surface area contributed by atoms with Crippen LogP contribution in [0.3, 0.4) is 0 Å². The largest absolute Gasteiger partial charge is 0.490 e. The lowest BCUT2D eigenvalue weighted by Gasteiger charge is -2.13. The molecule has 1 saturated carbocycles. The Morgan fingerprint density at radius 1 is 1.38 bits per heavy atom. The third-order valence-corrected chi connectivity index (χ3v) is 4.37. The average molecular weight is 374 g/mol. The van der Waals surface area contributed by atoms with Gasteiger partial charge in [-0.2, -0.15) is 13.2 Å². The molecule has 8 nitrogen and oxygen atoms in total. The third kappa shape index (κ3) is 4.61. The van der Waals surface area contributed by atoms with Crippen LogP contribution in [0.2, 0.25) is 0 Å². The Kier molecular flexibility index (Phi) is 5.38. The minimum atomic E-state index is -5.08. The molecule has 3 amide bonds. The maximum Gasteiger partial charge on any atom is 0.490 e. The fourth-order valence-electron chi connectivity index (χ4n) is 2.92. The molecule has 142 valence electrons. The van der Waals surface area contributed by atoms with Crippen LogP contribution in [-0.2, 0) is 9.59 Å². The van der Waals surface area contributed by atoms with Crippen LogP contribution in [0, 0.1) is 11.3 Å². The van der Waals surface area contributed by atoms with Crippen molar-refractivity contribution >= 4 is 23.6 Å². The number of nitrogens with two attached hydrogens (primary N) is 1. The number of aliphatic carboxylic acids is 1. The van der Waals surface area contributed by atoms with Crippen molar-refractivity contribution in [3.63, 3.8) is 0 Å². The SMILES string of the molecule is NC(=O)N1CCC2(CC2C(=O)Nc2cccnc2)C1.O=C(O)C(F)(F)F. The minimum Gasteiger partial charge on any atom is -0.475 e. The summed E-state index contributed by atoms with van der Waals surface area (Å²) in [5, 5.41) is 9.99. The molecule has 0 radical (unpaired) electrons. The van der Waals surface area contributed by atoms with E-state index in [-0.39, 0.29) is 17.2 Å². The van der Waals surface area contributed by atoms with Crippen LogP contribution >= 0.6 is 0 Å². The second-order valence-corrected chi connectivity index (χ2v) is 6.16. The predicted octanol–water partition coefficient (Wildman–Crippen LogP) is 1.44. The van der Waals surface area contributed by atoms with Gasteiger partial charge < -0.3 is 21.1 Å². The molecule has 26 heavy (non-hydrogen) atoms. The number of carbonyl (C=O) groups excluding carboxylic acids is 2. The second-order valence-electron chi connectivity index (χ2n) is 6.16. The predicted molar refractivity (Wildman–Crippen MR) is 82.9 cm³/mol. The monoisotopic (exact) mass is 374 g/mol. The average Bonchev–Trinajstić information content (AvgIpc) is 3.08. The van der Waals surface area contributed by atoms with Gasteiger partial charge in [-0.25, -0.2) is 9.59 Å². The van der Waals surface area contributed by atoms with E-state index in [4.69, 9.17) is 15.6 Å². The zero-order valence-corrected chi connectivity index (χ0v) is 13.5. The molecule has 1 aliphatic carbocycles. The van der Waals surface area contributed by atoms with Crippen LogP contribution in [0.5, 0.6) is 0 Å². The van der Waals surface area contributed by atoms with Gasteiger partial charge in [-0.3, -0.25) is 9.78 Å². The van der Waals surface area contributed by atoms with Crippen LogP contribution in [-0.4, -0.2) is 52.2 Å². The highest BCUT2D eigenvalue weighted by Gasteiger charge is 2.61. The summed E-state index contributed by atoms with van der Waals surface area (Å²) >= 11 is 0. The normalized spacial score (nSPS) is 23.8. The number of hydrogen-bond acceptors (Lipinski definition) is 4. The van der Waals surface area contributed by atoms with E-state index < -0.39 is 18.2 Å². The summed E-state index contributed by atoms with van der Waals surface area (Å²) in [6.45, 7) is 1.26. The number of halogens is 3. The van der Waals surface area contributed by atoms with Crippen molar-refractivity contribution < 1.29 is 32.7 Å². The van der Waals surface area contributed by atoms with E-state index in [2.05, 4.69) is 10.3 Å². The van der Waals surface area contributed by atoms with E-state index in [0.29, 0.717) is 18.8 Å². The van der Waals surface area contributed by atoms with E-state index in [9.17, 15) is 22.8 Å². The van der Waals surface area contributed by atoms with Crippen molar-refractivity contribution in [3.05, 3.63) is 24.5 Å². The number of primary amides is 1. The van der Waals surface area contributed by atoms with Crippen LogP contribution in [0.1, 0.15) is 12.8 Å². The Morgan fingerprint density at radius 2 is 2.04 bits per heavy atom. The van der Waals surface area contributed by atoms with E-state index in [1.54, 1.807) is 23.4 Å². The number of likely N-dealkylation sites (tertiary alicyclic amines) is 1. The molecule has 2 unspecified atom stereocenters. The molecule has 11 heteroatoms. The lowest BCUT2D eigenvalue weighted by Crippen LogP contribution is -2.34. The molecule has 3 rings (SSSR count). The Hall–Kier alpha value is -2.85. The molecular formula is C15H17F3N4O4. The molecule has 1 aromatic heterocycles. The zero-order chi connectivity index (χ0) is 19.5. The summed E-state index contributed by atoms with van der Waals surface area (Å²) in [4.78, 5) is 37.7. The Morgan fingerprint density at radius 3 is 2.50 bits per heavy atom. The van der Waals surface area contributed by atoms with Crippen molar-refractivity contribution in [2.75, 3.05) is 18.4 Å². The van der Waals surface area contributed by atoms with Crippen LogP contribution in [0.15, 0.2) is 24.5 Å². The molecule has 1 aromatic rings. The Labute approximate surface area is 146 Å². The van der Waals surface area contributed by atoms with Gasteiger partial charge in [0.15, 0.2) is 0 Å². The number of amides is 3. The van der Waals surface area contributed by atoms with Gasteiger partial charge >= 0.3 is 18.2 Å². The van der Waals surface area contributed by atoms with Gasteiger partial charge in [0.2, 0.25) is 5.91 Å². The van der Waals surface area contributed by atoms with Gasteiger partial charge in [0.05, 0.1) is 11.9 Å². The number of nitrogens with zero attached hydrogens (tertiary/aromatic N) is 2. The number of pyridine rings is 1. The molecule has 2 heterocycles. The van der Waals surface area contributed by atoms with Crippen molar-refractivity contribution in [2.45, 2.75) is 19.0 Å². The fraction of sp³-hybridized carbons (Fsp3) is 0.467. The van der Waals surface area contributed by atoms with Gasteiger partial charge in [0, 0.05) is 30.6 Å². The molecule has 0 aromatic carbocycles. The minimum absolute atomic E-state index is 0.0133. The summed E-state index contributed by atoms with van der Waals surface area (Å²) in [5.41, 5.74) is 5.94. The maximum atomic E-state index is 12.1. The number of nitrogens with one attached hydrogen (secondary N) is 1. The molecule has 2 aliphatic rings. The molecular weight excluding hydrogens is 357 g/mol. The van der Waals surface area contributed by atoms with Crippen molar-refractivity contribution in [2.24, 2.45) is 17.1 Å². The number of carboxylic acid groups (broad SMARTS) is 1. The van der Waals surface area contributed by atoms with E-state index in [1.165, 1.54) is 0 Å². The molecule has 0 bridgehead atoms. The Bertz CT molecular complexity index is 698. The topological polar surface area (TPSA) is 126 Å². The standard InChI is InChI=1S/C13H16N4O2.C2HF3O2/c14-12(19)17-5-3-13(8-17)6-10(13)11(18)16-9-2-1-4-15-7-9;3-2(4,5)1(6)7/h1-2,4,7,10H,3,5-6,8H2,(H2,14,19)(H,16,18);(H,6,7). The first kappa shape index (κ1) is 19.5. The van der Waals surface area contributed by atoms with Gasteiger partial charge in [0.25, 0.3) is 0 Å². The number of anilines is 1. The molecule has 4 N–H and O–H groups in total. The summed E-state index contributed by atoms with van der Waals surface area (Å²) in [7, 11) is 0. The van der Waals surface area contributed by atoms with Crippen molar-refractivity contribution in [1.29, 1.82) is 0 Å². The van der Waals surface area contributed by atoms with Gasteiger partial charge in [-0.05, 0) is 25.0 Å². The van der Waals surface area contributed by atoms with E-state index >= 15 is 0 Å². The van der Waals surface area contributed by atoms with Crippen LogP contribution in [0.25, 0.3) is 0 Å². The highest BCUT2D eigenvalue weighted by Crippen LogP contribution is 2.58. The highest BCUT2D eigenvalue weighted by molar-refractivity contribution is 5.95. The number of rotatable bonds is 2. The quantitative estimate of drug-likeness (QED) is 0.722. The zero-order valence-electron chi connectivity index (χ0n) is 13.5. The van der Waals surface area contributed by atoms with Crippen LogP contribution in [0.4, 0.5) is 23.7 Å². The summed E-state index contributed by atoms with van der Waals surface area (Å²) in [5.74, 6) is -2.76. The van der Waals surface area contributed by atoms with E-state index in [0.717, 1.165) is 12.8 Å². The molecule has 2 fully saturated rings. The number of alkyl halides is 3. The maximum absolute atomic E-state index is 12.1. The first-order valence-corrected chi connectivity index (χ1v) is 7.60. The Balaban J connectivity index is 0.000000298. The second kappa shape index (κ2) is 7.18. The number of carbonyl (C=O) groups is 3. The first-order chi connectivity index (χ1) is 12.0. The smallest absolute Gasteiger partial charge is 0.475 e. The number of urea groups is 1. The fourth-order valence-corrected chi connectivity index (χ4v) is 2.92. The summed E-state index contributed by atoms with van der Waals surface area (Å²) < 4.78 is 31.7. The van der Waals surface area contributed by atoms with Crippen molar-refractivity contribution in [1.82, 2.24) is 9.88 Å². The lowest BCUT2D eigenvalue weighted by molar-refractivity contribution is -0.192. The number of aromatic nitrogens is 1. The highest BCUT2D eigenvalue weighted by atomic mass is 19.4. The lowest BCUT2D eigenvalue weighted by atomic mass is 10.0. The number of hydrogen-bond donors (Lipinski definition) is 3. The van der Waals surface area contributed by atoms with E-state index in [1.807, 2.05) is 6.07 Å². The first-order valence-electron chi connectivity index (χ1n) is 7.60. The van der Waals surface area contributed by atoms with Gasteiger partial charge in [0.1, 0.15) is 0 Å². The van der Waals surface area contributed by atoms with Gasteiger partial charge in [-0.1, -0.05) is 0 Å². The molecule has 2 atom stereocenters. The molecule has 1 spiro atoms. The van der Waals surface area contributed by atoms with Crippen LogP contribution < -0.4 is 11.1 Å².